The highest BCUT2D eigenvalue weighted by Gasteiger charge is 2.34. The largest absolute Gasteiger partial charge is 0.455 e. The molecule has 2 heterocycles. The summed E-state index contributed by atoms with van der Waals surface area (Å²) >= 11 is 1.76. The molecular formula is C21H19NO2S. The summed E-state index contributed by atoms with van der Waals surface area (Å²) in [5.74, 6) is -0.263. The monoisotopic (exact) mass is 349 g/mol. The molecule has 0 amide bonds. The second kappa shape index (κ2) is 6.45. The number of benzene rings is 2. The first kappa shape index (κ1) is 16.0. The van der Waals surface area contributed by atoms with Crippen molar-refractivity contribution >= 4 is 17.7 Å². The van der Waals surface area contributed by atoms with Gasteiger partial charge in [-0.3, -0.25) is 4.79 Å². The van der Waals surface area contributed by atoms with Crippen LogP contribution in [0.15, 0.2) is 71.8 Å². The van der Waals surface area contributed by atoms with E-state index in [9.17, 15) is 4.79 Å². The fourth-order valence-corrected chi connectivity index (χ4v) is 4.73. The Hall–Kier alpha value is -2.46. The van der Waals surface area contributed by atoms with Gasteiger partial charge in [-0.15, -0.1) is 11.8 Å². The summed E-state index contributed by atoms with van der Waals surface area (Å²) in [5.41, 5.74) is 4.50. The lowest BCUT2D eigenvalue weighted by Gasteiger charge is -2.25. The average molecular weight is 349 g/mol. The molecule has 0 spiro atoms. The number of aromatic nitrogens is 1. The minimum Gasteiger partial charge on any atom is -0.455 e. The lowest BCUT2D eigenvalue weighted by molar-refractivity contribution is -0.147. The standard InChI is InChI=1S/C21H19NO2S/c1-14-10-11-17-19(13-14)25-21(16-7-4-3-5-8-16)20(24-15(2)23)18-9-6-12-22(17)18/h3-13,20-21H,1-2H3. The molecule has 0 N–H and O–H groups in total. The summed E-state index contributed by atoms with van der Waals surface area (Å²) in [6.07, 6.45) is 1.70. The molecule has 0 saturated carbocycles. The van der Waals surface area contributed by atoms with Crippen molar-refractivity contribution < 1.29 is 9.53 Å². The summed E-state index contributed by atoms with van der Waals surface area (Å²) in [6, 6.07) is 20.8. The Labute approximate surface area is 151 Å². The van der Waals surface area contributed by atoms with Gasteiger partial charge in [0.05, 0.1) is 16.6 Å². The van der Waals surface area contributed by atoms with Crippen LogP contribution in [0.2, 0.25) is 0 Å². The van der Waals surface area contributed by atoms with E-state index in [4.69, 9.17) is 4.74 Å². The first-order valence-corrected chi connectivity index (χ1v) is 9.18. The van der Waals surface area contributed by atoms with Gasteiger partial charge in [-0.1, -0.05) is 36.4 Å². The molecule has 0 aliphatic carbocycles. The van der Waals surface area contributed by atoms with Gasteiger partial charge in [0.25, 0.3) is 0 Å². The molecule has 2 unspecified atom stereocenters. The lowest BCUT2D eigenvalue weighted by atomic mass is 10.0. The maximum atomic E-state index is 11.8. The number of hydrogen-bond donors (Lipinski definition) is 0. The van der Waals surface area contributed by atoms with Gasteiger partial charge < -0.3 is 9.30 Å². The van der Waals surface area contributed by atoms with Crippen LogP contribution in [0, 0.1) is 6.92 Å². The van der Waals surface area contributed by atoms with E-state index in [0.717, 1.165) is 16.9 Å². The SMILES string of the molecule is CC(=O)OC1c2cccn2-c2ccc(C)cc2SC1c1ccccc1. The predicted octanol–water partition coefficient (Wildman–Crippen LogP) is 5.24. The molecule has 2 atom stereocenters. The van der Waals surface area contributed by atoms with Gasteiger partial charge in [0.2, 0.25) is 0 Å². The molecule has 1 aliphatic heterocycles. The highest BCUT2D eigenvalue weighted by Crippen LogP contribution is 2.50. The third kappa shape index (κ3) is 2.98. The van der Waals surface area contributed by atoms with Crippen molar-refractivity contribution in [3.05, 3.63) is 83.7 Å². The van der Waals surface area contributed by atoms with Crippen molar-refractivity contribution in [1.82, 2.24) is 4.57 Å². The molecule has 0 radical (unpaired) electrons. The first-order chi connectivity index (χ1) is 12.1. The van der Waals surface area contributed by atoms with Gasteiger partial charge in [0, 0.05) is 18.0 Å². The van der Waals surface area contributed by atoms with E-state index >= 15 is 0 Å². The number of rotatable bonds is 2. The topological polar surface area (TPSA) is 31.2 Å². The van der Waals surface area contributed by atoms with E-state index in [1.54, 1.807) is 11.8 Å². The zero-order valence-corrected chi connectivity index (χ0v) is 15.0. The molecular weight excluding hydrogens is 330 g/mol. The van der Waals surface area contributed by atoms with Crippen molar-refractivity contribution in [2.45, 2.75) is 30.1 Å². The predicted molar refractivity (Wildman–Crippen MR) is 100 cm³/mol. The van der Waals surface area contributed by atoms with Crippen molar-refractivity contribution in [2.24, 2.45) is 0 Å². The molecule has 0 saturated heterocycles. The summed E-state index contributed by atoms with van der Waals surface area (Å²) in [6.45, 7) is 3.57. The molecule has 4 heteroatoms. The molecule has 0 bridgehead atoms. The second-order valence-electron chi connectivity index (χ2n) is 6.25. The number of nitrogens with zero attached hydrogens (tertiary/aromatic N) is 1. The number of carbonyl (C=O) groups excluding carboxylic acids is 1. The minimum atomic E-state index is -0.340. The maximum Gasteiger partial charge on any atom is 0.303 e. The third-order valence-corrected chi connectivity index (χ3v) is 5.75. The summed E-state index contributed by atoms with van der Waals surface area (Å²) in [7, 11) is 0. The van der Waals surface area contributed by atoms with Crippen LogP contribution in [-0.2, 0) is 9.53 Å². The van der Waals surface area contributed by atoms with E-state index < -0.39 is 0 Å². The van der Waals surface area contributed by atoms with Gasteiger partial charge in [-0.05, 0) is 42.3 Å². The Kier molecular flexibility index (Phi) is 4.14. The Bertz CT molecular complexity index is 917. The Morgan fingerprint density at radius 2 is 1.88 bits per heavy atom. The highest BCUT2D eigenvalue weighted by atomic mass is 32.2. The van der Waals surface area contributed by atoms with Crippen molar-refractivity contribution in [1.29, 1.82) is 0 Å². The summed E-state index contributed by atoms with van der Waals surface area (Å²) in [5, 5.41) is 0.00167. The molecule has 3 aromatic rings. The quantitative estimate of drug-likeness (QED) is 0.593. The number of carbonyl (C=O) groups is 1. The Morgan fingerprint density at radius 1 is 1.08 bits per heavy atom. The van der Waals surface area contributed by atoms with Gasteiger partial charge in [0.1, 0.15) is 0 Å². The molecule has 3 nitrogen and oxygen atoms in total. The summed E-state index contributed by atoms with van der Waals surface area (Å²) in [4.78, 5) is 13.0. The average Bonchev–Trinajstić information content (AvgIpc) is 3.04. The normalized spacial score (nSPS) is 18.8. The zero-order chi connectivity index (χ0) is 17.4. The smallest absolute Gasteiger partial charge is 0.303 e. The van der Waals surface area contributed by atoms with Crippen LogP contribution >= 0.6 is 11.8 Å². The Balaban J connectivity index is 1.92. The summed E-state index contributed by atoms with van der Waals surface area (Å²) < 4.78 is 7.94. The second-order valence-corrected chi connectivity index (χ2v) is 7.44. The minimum absolute atomic E-state index is 0.00167. The third-order valence-electron chi connectivity index (χ3n) is 4.40. The van der Waals surface area contributed by atoms with Crippen LogP contribution in [0.3, 0.4) is 0 Å². The number of hydrogen-bond acceptors (Lipinski definition) is 3. The molecule has 0 fully saturated rings. The van der Waals surface area contributed by atoms with Crippen molar-refractivity contribution in [3.63, 3.8) is 0 Å². The molecule has 1 aromatic heterocycles. The van der Waals surface area contributed by atoms with Gasteiger partial charge >= 0.3 is 5.97 Å². The van der Waals surface area contributed by atoms with Crippen LogP contribution < -0.4 is 0 Å². The number of fused-ring (bicyclic) bond motifs is 3. The van der Waals surface area contributed by atoms with Crippen molar-refractivity contribution in [2.75, 3.05) is 0 Å². The van der Waals surface area contributed by atoms with Crippen LogP contribution in [-0.4, -0.2) is 10.5 Å². The number of ether oxygens (including phenoxy) is 1. The first-order valence-electron chi connectivity index (χ1n) is 8.30. The number of aryl methyl sites for hydroxylation is 1. The van der Waals surface area contributed by atoms with Gasteiger partial charge in [-0.2, -0.15) is 0 Å². The fourth-order valence-electron chi connectivity index (χ4n) is 3.30. The van der Waals surface area contributed by atoms with E-state index in [-0.39, 0.29) is 17.3 Å². The lowest BCUT2D eigenvalue weighted by Crippen LogP contribution is -2.16. The van der Waals surface area contributed by atoms with Crippen molar-refractivity contribution in [3.8, 4) is 5.69 Å². The van der Waals surface area contributed by atoms with Crippen LogP contribution in [0.5, 0.6) is 0 Å². The fraction of sp³-hybridized carbons (Fsp3) is 0.190. The Morgan fingerprint density at radius 3 is 2.64 bits per heavy atom. The van der Waals surface area contributed by atoms with E-state index in [0.29, 0.717) is 0 Å². The molecule has 25 heavy (non-hydrogen) atoms. The van der Waals surface area contributed by atoms with E-state index in [1.165, 1.54) is 17.4 Å². The molecule has 2 aromatic carbocycles. The maximum absolute atomic E-state index is 11.8. The molecule has 1 aliphatic rings. The van der Waals surface area contributed by atoms with Crippen LogP contribution in [0.4, 0.5) is 0 Å². The molecule has 4 rings (SSSR count). The number of thioether (sulfide) groups is 1. The van der Waals surface area contributed by atoms with Gasteiger partial charge in [0.15, 0.2) is 6.10 Å². The molecule has 126 valence electrons. The van der Waals surface area contributed by atoms with Gasteiger partial charge in [-0.25, -0.2) is 0 Å². The van der Waals surface area contributed by atoms with E-state index in [2.05, 4.69) is 41.8 Å². The van der Waals surface area contributed by atoms with Crippen LogP contribution in [0.1, 0.15) is 35.1 Å². The van der Waals surface area contributed by atoms with Crippen LogP contribution in [0.25, 0.3) is 5.69 Å². The highest BCUT2D eigenvalue weighted by molar-refractivity contribution is 7.99. The zero-order valence-electron chi connectivity index (χ0n) is 14.2. The number of esters is 1. The van der Waals surface area contributed by atoms with E-state index in [1.807, 2.05) is 36.5 Å².